The van der Waals surface area contributed by atoms with Gasteiger partial charge in [-0.15, -0.1) is 0 Å². The molecule has 0 aliphatic heterocycles. The van der Waals surface area contributed by atoms with Crippen molar-refractivity contribution in [3.05, 3.63) is 28.2 Å². The fourth-order valence-electron chi connectivity index (χ4n) is 1.84. The van der Waals surface area contributed by atoms with Crippen LogP contribution in [0.3, 0.4) is 0 Å². The molecule has 0 saturated heterocycles. The van der Waals surface area contributed by atoms with Crippen molar-refractivity contribution < 1.29 is 0 Å². The molecule has 0 saturated carbocycles. The smallest absolute Gasteiger partial charge is 0.0423 e. The second-order valence-electron chi connectivity index (χ2n) is 4.41. The Morgan fingerprint density at radius 2 is 2.06 bits per heavy atom. The van der Waals surface area contributed by atoms with Gasteiger partial charge in [0.15, 0.2) is 0 Å². The SMILES string of the molecule is CCN(CC(C)C)c1cc(Br)ccc1CN. The van der Waals surface area contributed by atoms with Crippen LogP contribution in [0.4, 0.5) is 5.69 Å². The molecular weight excluding hydrogens is 264 g/mol. The van der Waals surface area contributed by atoms with Crippen LogP contribution in [0.15, 0.2) is 22.7 Å². The summed E-state index contributed by atoms with van der Waals surface area (Å²) in [4.78, 5) is 2.39. The van der Waals surface area contributed by atoms with Gasteiger partial charge in [0.25, 0.3) is 0 Å². The highest BCUT2D eigenvalue weighted by atomic mass is 79.9. The molecule has 0 aliphatic rings. The summed E-state index contributed by atoms with van der Waals surface area (Å²) in [5, 5.41) is 0. The Morgan fingerprint density at radius 1 is 1.38 bits per heavy atom. The van der Waals surface area contributed by atoms with Crippen LogP contribution in [0.25, 0.3) is 0 Å². The minimum absolute atomic E-state index is 0.594. The molecule has 0 unspecified atom stereocenters. The van der Waals surface area contributed by atoms with Gasteiger partial charge in [0.2, 0.25) is 0 Å². The molecule has 1 rings (SSSR count). The van der Waals surface area contributed by atoms with Crippen molar-refractivity contribution in [2.45, 2.75) is 27.3 Å². The zero-order valence-corrected chi connectivity index (χ0v) is 11.9. The van der Waals surface area contributed by atoms with E-state index in [1.165, 1.54) is 11.3 Å². The fourth-order valence-corrected chi connectivity index (χ4v) is 2.19. The number of anilines is 1. The van der Waals surface area contributed by atoms with Crippen LogP contribution in [-0.2, 0) is 6.54 Å². The van der Waals surface area contributed by atoms with Gasteiger partial charge in [-0.3, -0.25) is 0 Å². The zero-order chi connectivity index (χ0) is 12.1. The van der Waals surface area contributed by atoms with Gasteiger partial charge in [-0.1, -0.05) is 35.8 Å². The van der Waals surface area contributed by atoms with E-state index in [-0.39, 0.29) is 0 Å². The highest BCUT2D eigenvalue weighted by Gasteiger charge is 2.10. The average Bonchev–Trinajstić information content (AvgIpc) is 2.25. The summed E-state index contributed by atoms with van der Waals surface area (Å²) >= 11 is 3.52. The van der Waals surface area contributed by atoms with Crippen molar-refractivity contribution >= 4 is 21.6 Å². The molecule has 0 aliphatic carbocycles. The minimum Gasteiger partial charge on any atom is -0.371 e. The summed E-state index contributed by atoms with van der Waals surface area (Å²) in [6.45, 7) is 9.34. The van der Waals surface area contributed by atoms with Crippen LogP contribution in [0.5, 0.6) is 0 Å². The molecule has 0 radical (unpaired) electrons. The van der Waals surface area contributed by atoms with E-state index in [0.29, 0.717) is 12.5 Å². The largest absolute Gasteiger partial charge is 0.371 e. The third-order valence-electron chi connectivity index (χ3n) is 2.58. The van der Waals surface area contributed by atoms with E-state index in [9.17, 15) is 0 Å². The molecule has 0 atom stereocenters. The van der Waals surface area contributed by atoms with Crippen molar-refractivity contribution in [3.63, 3.8) is 0 Å². The first-order chi connectivity index (χ1) is 7.58. The first kappa shape index (κ1) is 13.5. The second-order valence-corrected chi connectivity index (χ2v) is 5.33. The van der Waals surface area contributed by atoms with Gasteiger partial charge < -0.3 is 10.6 Å². The molecular formula is C13H21BrN2. The predicted molar refractivity (Wildman–Crippen MR) is 74.8 cm³/mol. The van der Waals surface area contributed by atoms with Gasteiger partial charge in [0, 0.05) is 29.8 Å². The molecule has 1 aromatic carbocycles. The summed E-state index contributed by atoms with van der Waals surface area (Å²) in [5.74, 6) is 0.657. The maximum absolute atomic E-state index is 5.78. The molecule has 0 heterocycles. The van der Waals surface area contributed by atoms with E-state index in [1.54, 1.807) is 0 Å². The van der Waals surface area contributed by atoms with Crippen LogP contribution in [0.1, 0.15) is 26.3 Å². The quantitative estimate of drug-likeness (QED) is 0.898. The molecule has 16 heavy (non-hydrogen) atoms. The molecule has 0 bridgehead atoms. The monoisotopic (exact) mass is 284 g/mol. The topological polar surface area (TPSA) is 29.3 Å². The van der Waals surface area contributed by atoms with Crippen LogP contribution < -0.4 is 10.6 Å². The third-order valence-corrected chi connectivity index (χ3v) is 3.07. The van der Waals surface area contributed by atoms with E-state index in [1.807, 2.05) is 0 Å². The van der Waals surface area contributed by atoms with E-state index in [0.717, 1.165) is 17.6 Å². The van der Waals surface area contributed by atoms with E-state index in [4.69, 9.17) is 5.73 Å². The Balaban J connectivity index is 3.02. The highest BCUT2D eigenvalue weighted by Crippen LogP contribution is 2.25. The van der Waals surface area contributed by atoms with Gasteiger partial charge in [0.1, 0.15) is 0 Å². The van der Waals surface area contributed by atoms with Gasteiger partial charge in [-0.25, -0.2) is 0 Å². The van der Waals surface area contributed by atoms with Gasteiger partial charge >= 0.3 is 0 Å². The maximum atomic E-state index is 5.78. The molecule has 2 nitrogen and oxygen atoms in total. The molecule has 0 spiro atoms. The number of benzene rings is 1. The summed E-state index contributed by atoms with van der Waals surface area (Å²) in [7, 11) is 0. The summed E-state index contributed by atoms with van der Waals surface area (Å²) in [6, 6.07) is 6.31. The Kier molecular flexibility index (Phi) is 5.29. The fraction of sp³-hybridized carbons (Fsp3) is 0.538. The van der Waals surface area contributed by atoms with E-state index >= 15 is 0 Å². The highest BCUT2D eigenvalue weighted by molar-refractivity contribution is 9.10. The molecule has 3 heteroatoms. The lowest BCUT2D eigenvalue weighted by Crippen LogP contribution is -2.28. The normalized spacial score (nSPS) is 10.9. The summed E-state index contributed by atoms with van der Waals surface area (Å²) in [5.41, 5.74) is 8.25. The molecule has 0 amide bonds. The summed E-state index contributed by atoms with van der Waals surface area (Å²) in [6.07, 6.45) is 0. The number of nitrogens with two attached hydrogens (primary N) is 1. The lowest BCUT2D eigenvalue weighted by atomic mass is 10.1. The van der Waals surface area contributed by atoms with Crippen LogP contribution in [0.2, 0.25) is 0 Å². The Bertz CT molecular complexity index is 337. The van der Waals surface area contributed by atoms with Crippen molar-refractivity contribution in [2.24, 2.45) is 11.7 Å². The first-order valence-corrected chi connectivity index (χ1v) is 6.61. The lowest BCUT2D eigenvalue weighted by Gasteiger charge is -2.27. The van der Waals surface area contributed by atoms with Crippen molar-refractivity contribution in [3.8, 4) is 0 Å². The molecule has 1 aromatic rings. The Labute approximate surface area is 107 Å². The van der Waals surface area contributed by atoms with Crippen molar-refractivity contribution in [1.29, 1.82) is 0 Å². The van der Waals surface area contributed by atoms with Gasteiger partial charge in [0.05, 0.1) is 0 Å². The second kappa shape index (κ2) is 6.26. The predicted octanol–water partition coefficient (Wildman–Crippen LogP) is 3.39. The molecule has 0 fully saturated rings. The number of nitrogens with zero attached hydrogens (tertiary/aromatic N) is 1. The maximum Gasteiger partial charge on any atom is 0.0423 e. The summed E-state index contributed by atoms with van der Waals surface area (Å²) < 4.78 is 1.11. The van der Waals surface area contributed by atoms with Crippen LogP contribution in [0, 0.1) is 5.92 Å². The number of rotatable bonds is 5. The molecule has 90 valence electrons. The van der Waals surface area contributed by atoms with E-state index in [2.05, 4.69) is 59.8 Å². The van der Waals surface area contributed by atoms with Crippen molar-refractivity contribution in [2.75, 3.05) is 18.0 Å². The average molecular weight is 285 g/mol. The van der Waals surface area contributed by atoms with Crippen LogP contribution >= 0.6 is 15.9 Å². The molecule has 0 aromatic heterocycles. The number of hydrogen-bond acceptors (Lipinski definition) is 2. The zero-order valence-electron chi connectivity index (χ0n) is 10.3. The van der Waals surface area contributed by atoms with Crippen molar-refractivity contribution in [1.82, 2.24) is 0 Å². The van der Waals surface area contributed by atoms with E-state index < -0.39 is 0 Å². The Hall–Kier alpha value is -0.540. The standard InChI is InChI=1S/C13H21BrN2/c1-4-16(9-10(2)3)13-7-12(14)6-5-11(13)8-15/h5-7,10H,4,8-9,15H2,1-3H3. The third kappa shape index (κ3) is 3.49. The first-order valence-electron chi connectivity index (χ1n) is 5.81. The lowest BCUT2D eigenvalue weighted by molar-refractivity contribution is 0.617. The number of hydrogen-bond donors (Lipinski definition) is 1. The van der Waals surface area contributed by atoms with Crippen LogP contribution in [-0.4, -0.2) is 13.1 Å². The number of halogens is 1. The molecule has 2 N–H and O–H groups in total. The van der Waals surface area contributed by atoms with Gasteiger partial charge in [-0.05, 0) is 30.5 Å². The Morgan fingerprint density at radius 3 is 2.56 bits per heavy atom. The van der Waals surface area contributed by atoms with Gasteiger partial charge in [-0.2, -0.15) is 0 Å². The minimum atomic E-state index is 0.594.